The van der Waals surface area contributed by atoms with E-state index in [9.17, 15) is 0 Å². The van der Waals surface area contributed by atoms with Crippen molar-refractivity contribution in [2.24, 2.45) is 0 Å². The summed E-state index contributed by atoms with van der Waals surface area (Å²) in [4.78, 5) is 0.692. The quantitative estimate of drug-likeness (QED) is 0.598. The minimum Gasteiger partial charge on any atom is -0.0891 e. The highest BCUT2D eigenvalue weighted by atomic mass is 79.9. The molecule has 0 aliphatic carbocycles. The molecule has 0 aliphatic rings. The van der Waals surface area contributed by atoms with Crippen LogP contribution in [0.4, 0.5) is 0 Å². The molecule has 0 radical (unpaired) electrons. The van der Waals surface area contributed by atoms with Crippen molar-refractivity contribution in [3.05, 3.63) is 48.0 Å². The Morgan fingerprint density at radius 1 is 1.00 bits per heavy atom. The minimum absolute atomic E-state index is 0.692. The van der Waals surface area contributed by atoms with Crippen molar-refractivity contribution in [3.8, 4) is 0 Å². The molecule has 1 unspecified atom stereocenters. The first-order valence-corrected chi connectivity index (χ1v) is 7.83. The van der Waals surface area contributed by atoms with Crippen molar-refractivity contribution in [2.45, 2.75) is 43.9 Å². The maximum absolute atomic E-state index is 3.76. The summed E-state index contributed by atoms with van der Waals surface area (Å²) in [6.45, 7) is 2.25. The first kappa shape index (κ1) is 13.6. The summed E-state index contributed by atoms with van der Waals surface area (Å²) in [5.41, 5.74) is 1.49. The van der Waals surface area contributed by atoms with Crippen molar-refractivity contribution < 1.29 is 0 Å². The molecule has 0 heterocycles. The van der Waals surface area contributed by atoms with Crippen molar-refractivity contribution in [1.29, 1.82) is 0 Å². The highest BCUT2D eigenvalue weighted by molar-refractivity contribution is 9.09. The topological polar surface area (TPSA) is 0 Å². The van der Waals surface area contributed by atoms with Crippen molar-refractivity contribution in [3.63, 3.8) is 0 Å². The van der Waals surface area contributed by atoms with Gasteiger partial charge in [-0.25, -0.2) is 0 Å². The first-order chi connectivity index (χ1) is 8.81. The highest BCUT2D eigenvalue weighted by Gasteiger charge is 2.04. The summed E-state index contributed by atoms with van der Waals surface area (Å²) in [5, 5.41) is 2.78. The molecule has 0 fully saturated rings. The number of aryl methyl sites for hydroxylation is 1. The van der Waals surface area contributed by atoms with Crippen LogP contribution in [0.5, 0.6) is 0 Å². The van der Waals surface area contributed by atoms with Gasteiger partial charge in [-0.3, -0.25) is 0 Å². The van der Waals surface area contributed by atoms with E-state index >= 15 is 0 Å². The van der Waals surface area contributed by atoms with Crippen LogP contribution in [-0.4, -0.2) is 4.83 Å². The lowest BCUT2D eigenvalue weighted by Crippen LogP contribution is -1.98. The second-order valence-electron chi connectivity index (χ2n) is 4.92. The van der Waals surface area contributed by atoms with Gasteiger partial charge in [-0.15, -0.1) is 0 Å². The molecule has 96 valence electrons. The molecule has 1 heteroatoms. The summed E-state index contributed by atoms with van der Waals surface area (Å²) in [5.74, 6) is 0. The monoisotopic (exact) mass is 304 g/mol. The van der Waals surface area contributed by atoms with Gasteiger partial charge in [0.25, 0.3) is 0 Å². The fourth-order valence-electron chi connectivity index (χ4n) is 2.48. The van der Waals surface area contributed by atoms with Gasteiger partial charge in [0.1, 0.15) is 0 Å². The molecule has 0 saturated heterocycles. The summed E-state index contributed by atoms with van der Waals surface area (Å²) in [7, 11) is 0. The molecular formula is C17H21Br. The zero-order chi connectivity index (χ0) is 12.8. The number of halogens is 1. The normalized spacial score (nSPS) is 12.8. The number of fused-ring (bicyclic) bond motifs is 1. The van der Waals surface area contributed by atoms with E-state index < -0.39 is 0 Å². The smallest absolute Gasteiger partial charge is 0.0145 e. The Hall–Kier alpha value is -0.820. The Morgan fingerprint density at radius 3 is 2.61 bits per heavy atom. The Bertz CT molecular complexity index is 484. The summed E-state index contributed by atoms with van der Waals surface area (Å²) < 4.78 is 0. The van der Waals surface area contributed by atoms with Crippen LogP contribution in [0.1, 0.15) is 38.2 Å². The zero-order valence-electron chi connectivity index (χ0n) is 11.0. The van der Waals surface area contributed by atoms with E-state index in [0.717, 1.165) is 0 Å². The second kappa shape index (κ2) is 6.94. The fourth-order valence-corrected chi connectivity index (χ4v) is 3.26. The van der Waals surface area contributed by atoms with Crippen LogP contribution in [0.15, 0.2) is 42.5 Å². The lowest BCUT2D eigenvalue weighted by molar-refractivity contribution is 0.656. The summed E-state index contributed by atoms with van der Waals surface area (Å²) in [6, 6.07) is 15.3. The molecule has 0 N–H and O–H groups in total. The first-order valence-electron chi connectivity index (χ1n) is 6.92. The molecule has 0 aromatic heterocycles. The Morgan fingerprint density at radius 2 is 1.78 bits per heavy atom. The molecule has 0 saturated carbocycles. The average molecular weight is 305 g/mol. The van der Waals surface area contributed by atoms with Crippen LogP contribution >= 0.6 is 15.9 Å². The van der Waals surface area contributed by atoms with Crippen LogP contribution in [0.3, 0.4) is 0 Å². The van der Waals surface area contributed by atoms with Gasteiger partial charge in [0.05, 0.1) is 0 Å². The van der Waals surface area contributed by atoms with E-state index in [1.165, 1.54) is 48.4 Å². The van der Waals surface area contributed by atoms with Crippen LogP contribution < -0.4 is 0 Å². The molecule has 2 aromatic rings. The van der Waals surface area contributed by atoms with E-state index in [0.29, 0.717) is 4.83 Å². The zero-order valence-corrected chi connectivity index (χ0v) is 12.6. The van der Waals surface area contributed by atoms with Crippen LogP contribution in [0, 0.1) is 0 Å². The maximum atomic E-state index is 3.76. The summed E-state index contributed by atoms with van der Waals surface area (Å²) in [6.07, 6.45) is 6.29. The van der Waals surface area contributed by atoms with Crippen molar-refractivity contribution in [1.82, 2.24) is 0 Å². The number of alkyl halides is 1. The van der Waals surface area contributed by atoms with Gasteiger partial charge in [0.2, 0.25) is 0 Å². The third-order valence-corrected chi connectivity index (χ3v) is 4.36. The SMILES string of the molecule is CCCC(Br)CCCc1cccc2ccccc12. The number of hydrogen-bond donors (Lipinski definition) is 0. The number of rotatable bonds is 6. The van der Waals surface area contributed by atoms with Gasteiger partial charge in [0.15, 0.2) is 0 Å². The standard InChI is InChI=1S/C17H21Br/c1-2-7-16(18)12-6-11-15-10-5-9-14-8-3-4-13-17(14)15/h3-5,8-10,13,16H,2,6-7,11-12H2,1H3. The van der Waals surface area contributed by atoms with Gasteiger partial charge < -0.3 is 0 Å². The Balaban J connectivity index is 1.99. The van der Waals surface area contributed by atoms with E-state index in [-0.39, 0.29) is 0 Å². The van der Waals surface area contributed by atoms with Crippen LogP contribution in [0.2, 0.25) is 0 Å². The van der Waals surface area contributed by atoms with Crippen LogP contribution in [-0.2, 0) is 6.42 Å². The van der Waals surface area contributed by atoms with Crippen molar-refractivity contribution >= 4 is 26.7 Å². The number of hydrogen-bond acceptors (Lipinski definition) is 0. The van der Waals surface area contributed by atoms with E-state index in [2.05, 4.69) is 65.3 Å². The molecular weight excluding hydrogens is 284 g/mol. The average Bonchev–Trinajstić information content (AvgIpc) is 2.39. The third kappa shape index (κ3) is 3.58. The maximum Gasteiger partial charge on any atom is 0.0145 e. The molecule has 2 aromatic carbocycles. The lowest BCUT2D eigenvalue weighted by atomic mass is 9.99. The minimum atomic E-state index is 0.692. The van der Waals surface area contributed by atoms with Gasteiger partial charge in [-0.2, -0.15) is 0 Å². The molecule has 0 bridgehead atoms. The van der Waals surface area contributed by atoms with E-state index in [4.69, 9.17) is 0 Å². The molecule has 0 amide bonds. The number of benzene rings is 2. The van der Waals surface area contributed by atoms with Gasteiger partial charge in [-0.1, -0.05) is 71.7 Å². The fraction of sp³-hybridized carbons (Fsp3) is 0.412. The Labute approximate surface area is 119 Å². The van der Waals surface area contributed by atoms with E-state index in [1.807, 2.05) is 0 Å². The van der Waals surface area contributed by atoms with Gasteiger partial charge >= 0.3 is 0 Å². The third-order valence-electron chi connectivity index (χ3n) is 3.45. The van der Waals surface area contributed by atoms with Gasteiger partial charge in [-0.05, 0) is 42.0 Å². The Kier molecular flexibility index (Phi) is 5.25. The molecule has 2 rings (SSSR count). The predicted octanol–water partition coefficient (Wildman–Crippen LogP) is 5.73. The van der Waals surface area contributed by atoms with E-state index in [1.54, 1.807) is 0 Å². The molecule has 0 spiro atoms. The van der Waals surface area contributed by atoms with Crippen molar-refractivity contribution in [2.75, 3.05) is 0 Å². The second-order valence-corrected chi connectivity index (χ2v) is 6.21. The van der Waals surface area contributed by atoms with Crippen LogP contribution in [0.25, 0.3) is 10.8 Å². The largest absolute Gasteiger partial charge is 0.0891 e. The van der Waals surface area contributed by atoms with Gasteiger partial charge in [0, 0.05) is 4.83 Å². The lowest BCUT2D eigenvalue weighted by Gasteiger charge is -2.09. The predicted molar refractivity (Wildman–Crippen MR) is 84.5 cm³/mol. The molecule has 1 atom stereocenters. The molecule has 0 aliphatic heterocycles. The molecule has 0 nitrogen and oxygen atoms in total. The summed E-state index contributed by atoms with van der Waals surface area (Å²) >= 11 is 3.76. The molecule has 18 heavy (non-hydrogen) atoms. The highest BCUT2D eigenvalue weighted by Crippen LogP contribution is 2.22.